The number of halogens is 1. The number of rotatable bonds is 5. The summed E-state index contributed by atoms with van der Waals surface area (Å²) in [5.74, 6) is -0.0914. The molecule has 0 radical (unpaired) electrons. The second-order valence-electron chi connectivity index (χ2n) is 4.65. The molecule has 0 amide bonds. The lowest BCUT2D eigenvalue weighted by molar-refractivity contribution is -0.144. The summed E-state index contributed by atoms with van der Waals surface area (Å²) in [7, 11) is 1.40. The second-order valence-corrected chi connectivity index (χ2v) is 5.06. The Balaban J connectivity index is 2.82. The molecule has 1 aromatic carbocycles. The third-order valence-corrected chi connectivity index (χ3v) is 3.27. The number of hydrogen-bond acceptors (Lipinski definition) is 3. The fraction of sp³-hybridized carbons (Fsp3) is 0.500. The minimum absolute atomic E-state index is 0.00907. The topological polar surface area (TPSA) is 38.3 Å². The Hall–Kier alpha value is -1.06. The van der Waals surface area contributed by atoms with E-state index in [1.165, 1.54) is 7.11 Å². The van der Waals surface area contributed by atoms with E-state index in [9.17, 15) is 4.79 Å². The van der Waals surface area contributed by atoms with Crippen molar-refractivity contribution in [2.75, 3.05) is 7.11 Å². The summed E-state index contributed by atoms with van der Waals surface area (Å²) in [6, 6.07) is 7.28. The van der Waals surface area contributed by atoms with Gasteiger partial charge in [-0.1, -0.05) is 43.6 Å². The zero-order valence-corrected chi connectivity index (χ0v) is 12.0. The molecule has 2 unspecified atom stereocenters. The Bertz CT molecular complexity index is 407. The van der Waals surface area contributed by atoms with Gasteiger partial charge in [-0.25, -0.2) is 0 Å². The van der Waals surface area contributed by atoms with Crippen molar-refractivity contribution in [2.24, 2.45) is 5.92 Å². The fourth-order valence-corrected chi connectivity index (χ4v) is 2.14. The lowest BCUT2D eigenvalue weighted by Crippen LogP contribution is -2.43. The first-order chi connectivity index (χ1) is 8.47. The van der Waals surface area contributed by atoms with Crippen molar-refractivity contribution in [2.45, 2.75) is 32.9 Å². The third-order valence-electron chi connectivity index (χ3n) is 2.92. The molecule has 0 bridgehead atoms. The summed E-state index contributed by atoms with van der Waals surface area (Å²) in [6.45, 7) is 5.95. The molecule has 1 rings (SSSR count). The van der Waals surface area contributed by atoms with Crippen molar-refractivity contribution in [3.05, 3.63) is 34.9 Å². The highest BCUT2D eigenvalue weighted by Gasteiger charge is 2.25. The Morgan fingerprint density at radius 1 is 1.28 bits per heavy atom. The molecule has 0 heterocycles. The maximum Gasteiger partial charge on any atom is 0.323 e. The number of carbonyl (C=O) groups is 1. The molecular weight excluding hydrogens is 250 g/mol. The van der Waals surface area contributed by atoms with Gasteiger partial charge in [0.2, 0.25) is 0 Å². The molecule has 0 aromatic heterocycles. The molecule has 0 saturated carbocycles. The average Bonchev–Trinajstić information content (AvgIpc) is 2.35. The molecule has 1 aromatic rings. The summed E-state index contributed by atoms with van der Waals surface area (Å²) in [4.78, 5) is 11.7. The molecule has 0 saturated heterocycles. The van der Waals surface area contributed by atoms with Crippen molar-refractivity contribution in [3.8, 4) is 0 Å². The van der Waals surface area contributed by atoms with E-state index in [0.717, 1.165) is 5.56 Å². The predicted octanol–water partition coefficient (Wildman–Crippen LogP) is 3.19. The van der Waals surface area contributed by atoms with Gasteiger partial charge < -0.3 is 4.74 Å². The molecule has 4 heteroatoms. The highest BCUT2D eigenvalue weighted by atomic mass is 35.5. The predicted molar refractivity (Wildman–Crippen MR) is 73.6 cm³/mol. The summed E-state index contributed by atoms with van der Waals surface area (Å²) in [5.41, 5.74) is 0.980. The number of methoxy groups -OCH3 is 1. The van der Waals surface area contributed by atoms with E-state index >= 15 is 0 Å². The van der Waals surface area contributed by atoms with Crippen molar-refractivity contribution >= 4 is 17.6 Å². The highest BCUT2D eigenvalue weighted by molar-refractivity contribution is 6.31. The van der Waals surface area contributed by atoms with E-state index in [4.69, 9.17) is 16.3 Å². The van der Waals surface area contributed by atoms with Crippen LogP contribution in [-0.2, 0) is 9.53 Å². The van der Waals surface area contributed by atoms with Gasteiger partial charge in [-0.3, -0.25) is 10.1 Å². The van der Waals surface area contributed by atoms with Gasteiger partial charge in [-0.2, -0.15) is 0 Å². The number of ether oxygens (including phenoxy) is 1. The van der Waals surface area contributed by atoms with Crippen LogP contribution >= 0.6 is 11.6 Å². The largest absolute Gasteiger partial charge is 0.468 e. The van der Waals surface area contributed by atoms with Crippen LogP contribution in [0, 0.1) is 5.92 Å². The van der Waals surface area contributed by atoms with Crippen LogP contribution in [0.2, 0.25) is 5.02 Å². The van der Waals surface area contributed by atoms with Crippen LogP contribution in [0.3, 0.4) is 0 Å². The van der Waals surface area contributed by atoms with E-state index in [1.807, 2.05) is 45.0 Å². The SMILES string of the molecule is COC(=O)C(NC(C)c1ccccc1Cl)C(C)C. The lowest BCUT2D eigenvalue weighted by Gasteiger charge is -2.25. The number of benzene rings is 1. The normalized spacial score (nSPS) is 14.3. The van der Waals surface area contributed by atoms with E-state index < -0.39 is 0 Å². The van der Waals surface area contributed by atoms with E-state index in [1.54, 1.807) is 0 Å². The maximum absolute atomic E-state index is 11.7. The first kappa shape index (κ1) is 15.0. The summed E-state index contributed by atoms with van der Waals surface area (Å²) in [6.07, 6.45) is 0. The van der Waals surface area contributed by atoms with Crippen LogP contribution < -0.4 is 5.32 Å². The Morgan fingerprint density at radius 3 is 2.39 bits per heavy atom. The van der Waals surface area contributed by atoms with Gasteiger partial charge in [0, 0.05) is 11.1 Å². The van der Waals surface area contributed by atoms with Gasteiger partial charge >= 0.3 is 5.97 Å². The van der Waals surface area contributed by atoms with Crippen LogP contribution in [-0.4, -0.2) is 19.1 Å². The van der Waals surface area contributed by atoms with Crippen LogP contribution in [0.1, 0.15) is 32.4 Å². The minimum Gasteiger partial charge on any atom is -0.468 e. The van der Waals surface area contributed by atoms with Crippen molar-refractivity contribution in [1.82, 2.24) is 5.32 Å². The minimum atomic E-state index is -0.332. The van der Waals surface area contributed by atoms with Gasteiger partial charge in [0.1, 0.15) is 6.04 Å². The first-order valence-corrected chi connectivity index (χ1v) is 6.43. The van der Waals surface area contributed by atoms with Gasteiger partial charge in [0.05, 0.1) is 7.11 Å². The molecule has 0 fully saturated rings. The number of nitrogens with one attached hydrogen (secondary N) is 1. The highest BCUT2D eigenvalue weighted by Crippen LogP contribution is 2.23. The monoisotopic (exact) mass is 269 g/mol. The van der Waals surface area contributed by atoms with Crippen LogP contribution in [0.25, 0.3) is 0 Å². The van der Waals surface area contributed by atoms with Crippen LogP contribution in [0.15, 0.2) is 24.3 Å². The van der Waals surface area contributed by atoms with E-state index in [2.05, 4.69) is 5.32 Å². The summed E-state index contributed by atoms with van der Waals surface area (Å²) >= 11 is 6.14. The van der Waals surface area contributed by atoms with Gasteiger partial charge in [-0.05, 0) is 24.5 Å². The van der Waals surface area contributed by atoms with Gasteiger partial charge in [0.15, 0.2) is 0 Å². The van der Waals surface area contributed by atoms with Crippen molar-refractivity contribution in [1.29, 1.82) is 0 Å². The molecule has 0 aliphatic heterocycles. The third kappa shape index (κ3) is 3.72. The first-order valence-electron chi connectivity index (χ1n) is 6.05. The molecule has 0 spiro atoms. The molecule has 2 atom stereocenters. The van der Waals surface area contributed by atoms with Gasteiger partial charge in [0.25, 0.3) is 0 Å². The smallest absolute Gasteiger partial charge is 0.323 e. The number of hydrogen-bond donors (Lipinski definition) is 1. The van der Waals surface area contributed by atoms with E-state index in [0.29, 0.717) is 5.02 Å². The van der Waals surface area contributed by atoms with E-state index in [-0.39, 0.29) is 24.0 Å². The van der Waals surface area contributed by atoms with Crippen molar-refractivity contribution in [3.63, 3.8) is 0 Å². The zero-order valence-electron chi connectivity index (χ0n) is 11.2. The molecule has 1 N–H and O–H groups in total. The molecule has 0 aliphatic carbocycles. The maximum atomic E-state index is 11.7. The second kappa shape index (κ2) is 6.76. The molecule has 3 nitrogen and oxygen atoms in total. The van der Waals surface area contributed by atoms with Crippen LogP contribution in [0.5, 0.6) is 0 Å². The zero-order chi connectivity index (χ0) is 13.7. The van der Waals surface area contributed by atoms with Gasteiger partial charge in [-0.15, -0.1) is 0 Å². The number of esters is 1. The Labute approximate surface area is 113 Å². The Kier molecular flexibility index (Phi) is 5.63. The number of carbonyl (C=O) groups excluding carboxylic acids is 1. The molecular formula is C14H20ClNO2. The standard InChI is InChI=1S/C14H20ClNO2/c1-9(2)13(14(17)18-4)16-10(3)11-7-5-6-8-12(11)15/h5-10,13,16H,1-4H3. The molecule has 0 aliphatic rings. The Morgan fingerprint density at radius 2 is 1.89 bits per heavy atom. The lowest BCUT2D eigenvalue weighted by atomic mass is 10.0. The van der Waals surface area contributed by atoms with Crippen LogP contribution in [0.4, 0.5) is 0 Å². The fourth-order valence-electron chi connectivity index (χ4n) is 1.85. The van der Waals surface area contributed by atoms with Crippen molar-refractivity contribution < 1.29 is 9.53 Å². The summed E-state index contributed by atoms with van der Waals surface area (Å²) < 4.78 is 4.81. The quantitative estimate of drug-likeness (QED) is 0.835. The molecule has 18 heavy (non-hydrogen) atoms. The average molecular weight is 270 g/mol. The molecule has 100 valence electrons. The summed E-state index contributed by atoms with van der Waals surface area (Å²) in [5, 5.41) is 3.96.